The van der Waals surface area contributed by atoms with Crippen LogP contribution in [0.5, 0.6) is 0 Å². The van der Waals surface area contributed by atoms with Crippen LogP contribution < -0.4 is 5.32 Å². The molecule has 3 aromatic heterocycles. The van der Waals surface area contributed by atoms with Gasteiger partial charge in [0.05, 0.1) is 30.7 Å². The smallest absolute Gasteiger partial charge is 0.223 e. The van der Waals surface area contributed by atoms with Crippen molar-refractivity contribution in [3.63, 3.8) is 0 Å². The molecule has 0 fully saturated rings. The lowest BCUT2D eigenvalue weighted by Gasteiger charge is -2.11. The van der Waals surface area contributed by atoms with E-state index in [0.717, 1.165) is 33.6 Å². The third-order valence-electron chi connectivity index (χ3n) is 5.19. The number of hydrogen-bond acceptors (Lipinski definition) is 5. The lowest BCUT2D eigenvalue weighted by Crippen LogP contribution is -2.06. The second kappa shape index (κ2) is 9.40. The third kappa shape index (κ3) is 4.93. The Balaban J connectivity index is 1.48. The minimum atomic E-state index is -0.287. The molecule has 6 nitrogen and oxygen atoms in total. The molecule has 1 N–H and O–H groups in total. The van der Waals surface area contributed by atoms with Crippen LogP contribution in [0.4, 0.5) is 10.3 Å². The summed E-state index contributed by atoms with van der Waals surface area (Å²) in [5.74, 6) is 0.197. The van der Waals surface area contributed by atoms with Crippen molar-refractivity contribution >= 4 is 5.95 Å². The Morgan fingerprint density at radius 2 is 1.64 bits per heavy atom. The standard InChI is InChI=1S/C26H21FN6/c27-22-11-9-20(10-12-22)24-16-30-26(29-15-23-8-4-5-13-28-23)32-25(24)21-14-31-33(18-21)17-19-6-2-1-3-7-19/h1-14,16,18H,15,17H2,(H,29,30,32). The summed E-state index contributed by atoms with van der Waals surface area (Å²) in [6.07, 6.45) is 7.26. The third-order valence-corrected chi connectivity index (χ3v) is 5.19. The van der Waals surface area contributed by atoms with Crippen LogP contribution in [0.15, 0.2) is 97.6 Å². The van der Waals surface area contributed by atoms with Crippen molar-refractivity contribution in [1.82, 2.24) is 24.7 Å². The largest absolute Gasteiger partial charge is 0.349 e. The minimum Gasteiger partial charge on any atom is -0.349 e. The van der Waals surface area contributed by atoms with Crippen molar-refractivity contribution in [3.05, 3.63) is 115 Å². The summed E-state index contributed by atoms with van der Waals surface area (Å²) >= 11 is 0. The fraction of sp³-hybridized carbons (Fsp3) is 0.0769. The monoisotopic (exact) mass is 436 g/mol. The van der Waals surface area contributed by atoms with Gasteiger partial charge in [-0.05, 0) is 35.4 Å². The van der Waals surface area contributed by atoms with Crippen molar-refractivity contribution in [2.24, 2.45) is 0 Å². The van der Waals surface area contributed by atoms with Crippen molar-refractivity contribution < 1.29 is 4.39 Å². The number of pyridine rings is 1. The van der Waals surface area contributed by atoms with Crippen LogP contribution in [0.25, 0.3) is 22.4 Å². The minimum absolute atomic E-state index is 0.287. The first-order valence-corrected chi connectivity index (χ1v) is 10.6. The molecule has 0 bridgehead atoms. The van der Waals surface area contributed by atoms with E-state index in [1.54, 1.807) is 30.7 Å². The van der Waals surface area contributed by atoms with Crippen LogP contribution in [0.3, 0.4) is 0 Å². The summed E-state index contributed by atoms with van der Waals surface area (Å²) in [7, 11) is 0. The van der Waals surface area contributed by atoms with Gasteiger partial charge in [0.1, 0.15) is 5.82 Å². The molecule has 0 atom stereocenters. The number of nitrogens with zero attached hydrogens (tertiary/aromatic N) is 5. The predicted molar refractivity (Wildman–Crippen MR) is 126 cm³/mol. The highest BCUT2D eigenvalue weighted by molar-refractivity contribution is 5.80. The van der Waals surface area contributed by atoms with E-state index < -0.39 is 0 Å². The Morgan fingerprint density at radius 1 is 0.818 bits per heavy atom. The Hall–Kier alpha value is -4.39. The lowest BCUT2D eigenvalue weighted by molar-refractivity contribution is 0.628. The van der Waals surface area contributed by atoms with Gasteiger partial charge in [0.2, 0.25) is 5.95 Å². The van der Waals surface area contributed by atoms with Gasteiger partial charge in [-0.2, -0.15) is 5.10 Å². The van der Waals surface area contributed by atoms with E-state index in [1.807, 2.05) is 47.3 Å². The maximum atomic E-state index is 13.5. The van der Waals surface area contributed by atoms with Gasteiger partial charge >= 0.3 is 0 Å². The van der Waals surface area contributed by atoms with Crippen LogP contribution in [-0.2, 0) is 13.1 Å². The van der Waals surface area contributed by atoms with E-state index in [1.165, 1.54) is 12.1 Å². The highest BCUT2D eigenvalue weighted by atomic mass is 19.1. The van der Waals surface area contributed by atoms with E-state index >= 15 is 0 Å². The molecule has 0 aliphatic carbocycles. The lowest BCUT2D eigenvalue weighted by atomic mass is 10.0. The van der Waals surface area contributed by atoms with Gasteiger partial charge in [-0.15, -0.1) is 0 Å². The molecule has 0 unspecified atom stereocenters. The first kappa shape index (κ1) is 20.5. The second-order valence-corrected chi connectivity index (χ2v) is 7.55. The van der Waals surface area contributed by atoms with Gasteiger partial charge in [-0.1, -0.05) is 48.5 Å². The zero-order valence-corrected chi connectivity index (χ0v) is 17.8. The van der Waals surface area contributed by atoms with E-state index in [4.69, 9.17) is 4.98 Å². The van der Waals surface area contributed by atoms with Gasteiger partial charge in [0.15, 0.2) is 0 Å². The van der Waals surface area contributed by atoms with Crippen molar-refractivity contribution in [1.29, 1.82) is 0 Å². The highest BCUT2D eigenvalue weighted by Crippen LogP contribution is 2.31. The molecule has 0 saturated carbocycles. The van der Waals surface area contributed by atoms with Crippen LogP contribution in [0.2, 0.25) is 0 Å². The number of halogens is 1. The highest BCUT2D eigenvalue weighted by Gasteiger charge is 2.14. The average Bonchev–Trinajstić information content (AvgIpc) is 3.33. The average molecular weight is 436 g/mol. The Bertz CT molecular complexity index is 1330. The molecule has 3 heterocycles. The summed E-state index contributed by atoms with van der Waals surface area (Å²) in [4.78, 5) is 13.6. The molecule has 162 valence electrons. The zero-order chi connectivity index (χ0) is 22.5. The Kier molecular flexibility index (Phi) is 5.84. The summed E-state index contributed by atoms with van der Waals surface area (Å²) in [5.41, 5.74) is 5.26. The molecular formula is C26H21FN6. The van der Waals surface area contributed by atoms with E-state index in [2.05, 4.69) is 32.5 Å². The number of rotatable bonds is 7. The molecule has 0 aliphatic heterocycles. The van der Waals surface area contributed by atoms with Crippen LogP contribution in [0, 0.1) is 5.82 Å². The summed E-state index contributed by atoms with van der Waals surface area (Å²) < 4.78 is 15.4. The van der Waals surface area contributed by atoms with E-state index in [-0.39, 0.29) is 5.82 Å². The molecule has 0 saturated heterocycles. The van der Waals surface area contributed by atoms with Gasteiger partial charge in [-0.3, -0.25) is 9.67 Å². The maximum absolute atomic E-state index is 13.5. The molecule has 0 radical (unpaired) electrons. The molecule has 33 heavy (non-hydrogen) atoms. The fourth-order valence-corrected chi connectivity index (χ4v) is 3.54. The quantitative estimate of drug-likeness (QED) is 0.380. The van der Waals surface area contributed by atoms with Gasteiger partial charge < -0.3 is 5.32 Å². The topological polar surface area (TPSA) is 68.5 Å². The molecule has 0 spiro atoms. The predicted octanol–water partition coefficient (Wildman–Crippen LogP) is 5.20. The second-order valence-electron chi connectivity index (χ2n) is 7.55. The van der Waals surface area contributed by atoms with Gasteiger partial charge in [-0.25, -0.2) is 14.4 Å². The SMILES string of the molecule is Fc1ccc(-c2cnc(NCc3ccccn3)nc2-c2cnn(Cc3ccccc3)c2)cc1. The summed E-state index contributed by atoms with van der Waals surface area (Å²) in [6, 6.07) is 22.2. The normalized spacial score (nSPS) is 10.8. The summed E-state index contributed by atoms with van der Waals surface area (Å²) in [6.45, 7) is 1.16. The number of anilines is 1. The molecule has 0 amide bonds. The van der Waals surface area contributed by atoms with E-state index in [0.29, 0.717) is 19.0 Å². The Morgan fingerprint density at radius 3 is 2.42 bits per heavy atom. The molecule has 5 rings (SSSR count). The van der Waals surface area contributed by atoms with E-state index in [9.17, 15) is 4.39 Å². The summed E-state index contributed by atoms with van der Waals surface area (Å²) in [5, 5.41) is 7.76. The number of aromatic nitrogens is 5. The maximum Gasteiger partial charge on any atom is 0.223 e. The first-order valence-electron chi connectivity index (χ1n) is 10.6. The van der Waals surface area contributed by atoms with Crippen LogP contribution >= 0.6 is 0 Å². The van der Waals surface area contributed by atoms with Crippen LogP contribution in [0.1, 0.15) is 11.3 Å². The zero-order valence-electron chi connectivity index (χ0n) is 17.8. The van der Waals surface area contributed by atoms with Crippen molar-refractivity contribution in [3.8, 4) is 22.4 Å². The number of benzene rings is 2. The number of nitrogens with one attached hydrogen (secondary N) is 1. The van der Waals surface area contributed by atoms with Crippen molar-refractivity contribution in [2.75, 3.05) is 5.32 Å². The Labute approximate surface area is 190 Å². The van der Waals surface area contributed by atoms with Gasteiger partial charge in [0.25, 0.3) is 0 Å². The number of hydrogen-bond donors (Lipinski definition) is 1. The molecule has 5 aromatic rings. The molecule has 7 heteroatoms. The van der Waals surface area contributed by atoms with Gasteiger partial charge in [0, 0.05) is 29.7 Å². The molecular weight excluding hydrogens is 415 g/mol. The fourth-order valence-electron chi connectivity index (χ4n) is 3.54. The first-order chi connectivity index (χ1) is 16.2. The van der Waals surface area contributed by atoms with Crippen molar-refractivity contribution in [2.45, 2.75) is 13.1 Å². The van der Waals surface area contributed by atoms with Crippen LogP contribution in [-0.4, -0.2) is 24.7 Å². The molecule has 0 aliphatic rings. The molecule has 2 aromatic carbocycles.